The number of benzene rings is 2. The fourth-order valence-electron chi connectivity index (χ4n) is 3.52. The van der Waals surface area contributed by atoms with Gasteiger partial charge in [0.1, 0.15) is 0 Å². The molecule has 31 heavy (non-hydrogen) atoms. The van der Waals surface area contributed by atoms with E-state index in [4.69, 9.17) is 16.3 Å². The van der Waals surface area contributed by atoms with Crippen LogP contribution in [0.4, 0.5) is 0 Å². The number of amides is 1. The maximum atomic E-state index is 13.0. The van der Waals surface area contributed by atoms with E-state index in [1.165, 1.54) is 7.11 Å². The van der Waals surface area contributed by atoms with Gasteiger partial charge in [0.25, 0.3) is 5.91 Å². The summed E-state index contributed by atoms with van der Waals surface area (Å²) in [5.74, 6) is 0.0152. The normalized spacial score (nSPS) is 14.5. The van der Waals surface area contributed by atoms with Crippen LogP contribution in [0.5, 0.6) is 0 Å². The second-order valence-corrected chi connectivity index (χ2v) is 7.53. The van der Waals surface area contributed by atoms with Crippen LogP contribution >= 0.6 is 11.6 Å². The number of esters is 1. The highest BCUT2D eigenvalue weighted by Gasteiger charge is 2.26. The minimum Gasteiger partial charge on any atom is -0.465 e. The van der Waals surface area contributed by atoms with Gasteiger partial charge >= 0.3 is 5.97 Å². The van der Waals surface area contributed by atoms with Crippen LogP contribution < -0.4 is 0 Å². The molecule has 1 fully saturated rings. The van der Waals surface area contributed by atoms with Crippen molar-refractivity contribution in [3.05, 3.63) is 70.5 Å². The van der Waals surface area contributed by atoms with Crippen molar-refractivity contribution in [2.75, 3.05) is 33.3 Å². The van der Waals surface area contributed by atoms with Crippen LogP contribution in [0.15, 0.2) is 48.5 Å². The molecule has 0 radical (unpaired) electrons. The second kappa shape index (κ2) is 9.23. The first-order valence-electron chi connectivity index (χ1n) is 9.79. The number of ether oxygens (including phenoxy) is 1. The number of nitrogens with zero attached hydrogens (tertiary/aromatic N) is 6. The van der Waals surface area contributed by atoms with Crippen molar-refractivity contribution >= 4 is 23.5 Å². The lowest BCUT2D eigenvalue weighted by Crippen LogP contribution is -2.48. The minimum absolute atomic E-state index is 0.174. The summed E-state index contributed by atoms with van der Waals surface area (Å²) < 4.78 is 6.48. The molecule has 1 aliphatic heterocycles. The van der Waals surface area contributed by atoms with Crippen LogP contribution in [0.3, 0.4) is 0 Å². The molecule has 2 heterocycles. The monoisotopic (exact) mass is 440 g/mol. The number of hydrogen-bond donors (Lipinski definition) is 0. The van der Waals surface area contributed by atoms with Gasteiger partial charge in [-0.1, -0.05) is 23.7 Å². The number of carbonyl (C=O) groups is 2. The summed E-state index contributed by atoms with van der Waals surface area (Å²) >= 11 is 5.96. The van der Waals surface area contributed by atoms with Crippen LogP contribution in [0.25, 0.3) is 5.69 Å². The Balaban J connectivity index is 1.40. The van der Waals surface area contributed by atoms with Gasteiger partial charge in [0, 0.05) is 31.2 Å². The highest BCUT2D eigenvalue weighted by molar-refractivity contribution is 6.30. The second-order valence-electron chi connectivity index (χ2n) is 7.09. The van der Waals surface area contributed by atoms with Crippen molar-refractivity contribution < 1.29 is 14.3 Å². The smallest absolute Gasteiger partial charge is 0.338 e. The molecule has 1 saturated heterocycles. The molecule has 0 aliphatic carbocycles. The van der Waals surface area contributed by atoms with E-state index in [9.17, 15) is 9.59 Å². The highest BCUT2D eigenvalue weighted by atomic mass is 35.5. The molecular weight excluding hydrogens is 420 g/mol. The van der Waals surface area contributed by atoms with Crippen LogP contribution in [0.2, 0.25) is 5.02 Å². The Morgan fingerprint density at radius 1 is 1.00 bits per heavy atom. The third-order valence-corrected chi connectivity index (χ3v) is 5.44. The molecule has 2 aromatic carbocycles. The zero-order chi connectivity index (χ0) is 21.8. The Labute approximate surface area is 184 Å². The predicted molar refractivity (Wildman–Crippen MR) is 113 cm³/mol. The van der Waals surface area contributed by atoms with Crippen molar-refractivity contribution in [1.29, 1.82) is 0 Å². The summed E-state index contributed by atoms with van der Waals surface area (Å²) in [6.45, 7) is 2.96. The van der Waals surface area contributed by atoms with Crippen LogP contribution in [0, 0.1) is 0 Å². The molecule has 10 heteroatoms. The first-order valence-corrected chi connectivity index (χ1v) is 10.2. The van der Waals surface area contributed by atoms with E-state index in [1.807, 2.05) is 12.1 Å². The number of hydrogen-bond acceptors (Lipinski definition) is 7. The molecule has 160 valence electrons. The largest absolute Gasteiger partial charge is 0.465 e. The summed E-state index contributed by atoms with van der Waals surface area (Å²) in [6, 6.07) is 14.0. The van der Waals surface area contributed by atoms with E-state index in [2.05, 4.69) is 20.4 Å². The van der Waals surface area contributed by atoms with Gasteiger partial charge in [0.15, 0.2) is 5.82 Å². The lowest BCUT2D eigenvalue weighted by Gasteiger charge is -2.34. The van der Waals surface area contributed by atoms with E-state index >= 15 is 0 Å². The summed E-state index contributed by atoms with van der Waals surface area (Å²) in [6.07, 6.45) is 0. The molecule has 0 N–H and O–H groups in total. The molecule has 0 spiro atoms. The molecule has 3 aromatic rings. The Kier molecular flexibility index (Phi) is 6.24. The van der Waals surface area contributed by atoms with Crippen molar-refractivity contribution in [3.63, 3.8) is 0 Å². The van der Waals surface area contributed by atoms with Crippen molar-refractivity contribution in [1.82, 2.24) is 30.0 Å². The lowest BCUT2D eigenvalue weighted by atomic mass is 10.1. The predicted octanol–water partition coefficient (Wildman–Crippen LogP) is 2.06. The molecular formula is C21H21ClN6O3. The fourth-order valence-corrected chi connectivity index (χ4v) is 3.65. The first-order chi connectivity index (χ1) is 15.1. The molecule has 0 atom stereocenters. The Bertz CT molecular complexity index is 1080. The minimum atomic E-state index is -0.517. The van der Waals surface area contributed by atoms with Crippen LogP contribution in [-0.2, 0) is 11.3 Å². The topological polar surface area (TPSA) is 93.5 Å². The quantitative estimate of drug-likeness (QED) is 0.560. The average molecular weight is 441 g/mol. The van der Waals surface area contributed by atoms with Crippen molar-refractivity contribution in [2.24, 2.45) is 0 Å². The number of rotatable bonds is 5. The molecule has 0 unspecified atom stereocenters. The fraction of sp³-hybridized carbons (Fsp3) is 0.286. The Morgan fingerprint density at radius 2 is 1.68 bits per heavy atom. The van der Waals surface area contributed by atoms with Crippen molar-refractivity contribution in [2.45, 2.75) is 6.54 Å². The molecule has 4 rings (SSSR count). The SMILES string of the molecule is COC(=O)c1ccccc1C(=O)N1CCN(Cc2nnnn2-c2ccc(Cl)cc2)CC1. The zero-order valence-corrected chi connectivity index (χ0v) is 17.7. The third kappa shape index (κ3) is 4.57. The number of piperazine rings is 1. The van der Waals surface area contributed by atoms with Gasteiger partial charge in [-0.2, -0.15) is 4.68 Å². The number of carbonyl (C=O) groups excluding carboxylic acids is 2. The number of halogens is 1. The molecule has 0 bridgehead atoms. The molecule has 9 nitrogen and oxygen atoms in total. The first kappa shape index (κ1) is 21.0. The summed E-state index contributed by atoms with van der Waals surface area (Å²) in [5, 5.41) is 12.7. The standard InChI is InChI=1S/C21H21ClN6O3/c1-31-21(30)18-5-3-2-4-17(18)20(29)27-12-10-26(11-13-27)14-19-23-24-25-28(19)16-8-6-15(22)7-9-16/h2-9H,10-14H2,1H3. The number of methoxy groups -OCH3 is 1. The van der Waals surface area contributed by atoms with Gasteiger partial charge in [-0.25, -0.2) is 4.79 Å². The van der Waals surface area contributed by atoms with E-state index in [1.54, 1.807) is 46.0 Å². The van der Waals surface area contributed by atoms with Crippen LogP contribution in [-0.4, -0.2) is 75.2 Å². The van der Waals surface area contributed by atoms with Crippen LogP contribution in [0.1, 0.15) is 26.5 Å². The zero-order valence-electron chi connectivity index (χ0n) is 16.9. The summed E-state index contributed by atoms with van der Waals surface area (Å²) in [5.41, 5.74) is 1.46. The molecule has 1 amide bonds. The van der Waals surface area contributed by atoms with Crippen molar-refractivity contribution in [3.8, 4) is 5.69 Å². The summed E-state index contributed by atoms with van der Waals surface area (Å²) in [7, 11) is 1.31. The van der Waals surface area contributed by atoms with Gasteiger partial charge in [0.05, 0.1) is 30.5 Å². The molecule has 1 aromatic heterocycles. The highest BCUT2D eigenvalue weighted by Crippen LogP contribution is 2.17. The Hall–Kier alpha value is -3.30. The van der Waals surface area contributed by atoms with E-state index in [-0.39, 0.29) is 11.5 Å². The molecule has 0 saturated carbocycles. The Morgan fingerprint density at radius 3 is 2.35 bits per heavy atom. The maximum Gasteiger partial charge on any atom is 0.338 e. The van der Waals surface area contributed by atoms with E-state index in [0.29, 0.717) is 49.1 Å². The van der Waals surface area contributed by atoms with Gasteiger partial charge in [-0.3, -0.25) is 9.69 Å². The number of aromatic nitrogens is 4. The lowest BCUT2D eigenvalue weighted by molar-refractivity contribution is 0.0569. The average Bonchev–Trinajstić information content (AvgIpc) is 3.27. The van der Waals surface area contributed by atoms with E-state index in [0.717, 1.165) is 5.69 Å². The maximum absolute atomic E-state index is 13.0. The summed E-state index contributed by atoms with van der Waals surface area (Å²) in [4.78, 5) is 28.9. The van der Waals surface area contributed by atoms with Gasteiger partial charge in [0.2, 0.25) is 0 Å². The van der Waals surface area contributed by atoms with Gasteiger partial charge < -0.3 is 9.64 Å². The third-order valence-electron chi connectivity index (χ3n) is 5.19. The number of tetrazole rings is 1. The van der Waals surface area contributed by atoms with E-state index < -0.39 is 5.97 Å². The van der Waals surface area contributed by atoms with Gasteiger partial charge in [-0.15, -0.1) is 5.10 Å². The molecule has 1 aliphatic rings. The van der Waals surface area contributed by atoms with Gasteiger partial charge in [-0.05, 0) is 46.8 Å².